The molecule has 138 valence electrons. The molecule has 7 heteroatoms. The number of halogens is 1. The van der Waals surface area contributed by atoms with Gasteiger partial charge in [0.15, 0.2) is 0 Å². The monoisotopic (exact) mass is 392 g/mol. The summed E-state index contributed by atoms with van der Waals surface area (Å²) < 4.78 is 27.0. The Morgan fingerprint density at radius 3 is 2.42 bits per heavy atom. The Balaban J connectivity index is 2.03. The summed E-state index contributed by atoms with van der Waals surface area (Å²) in [6.07, 6.45) is 3.69. The largest absolute Gasteiger partial charge is 0.323 e. The molecule has 1 unspecified atom stereocenters. The van der Waals surface area contributed by atoms with E-state index in [4.69, 9.17) is 11.6 Å². The minimum atomic E-state index is -3.56. The summed E-state index contributed by atoms with van der Waals surface area (Å²) >= 11 is 6.03. The van der Waals surface area contributed by atoms with Crippen LogP contribution in [-0.2, 0) is 14.8 Å². The summed E-state index contributed by atoms with van der Waals surface area (Å²) in [4.78, 5) is 12.1. The third kappa shape index (κ3) is 5.69. The van der Waals surface area contributed by atoms with E-state index in [0.29, 0.717) is 17.1 Å². The maximum Gasteiger partial charge on any atom is 0.248 e. The van der Waals surface area contributed by atoms with Crippen LogP contribution in [0.15, 0.2) is 59.5 Å². The summed E-state index contributed by atoms with van der Waals surface area (Å²) in [6, 6.07) is 13.0. The average molecular weight is 393 g/mol. The Kier molecular flexibility index (Phi) is 6.97. The Morgan fingerprint density at radius 2 is 1.81 bits per heavy atom. The predicted octanol–water partition coefficient (Wildman–Crippen LogP) is 4.07. The van der Waals surface area contributed by atoms with Crippen molar-refractivity contribution in [2.45, 2.75) is 31.2 Å². The van der Waals surface area contributed by atoms with Crippen molar-refractivity contribution >= 4 is 39.3 Å². The van der Waals surface area contributed by atoms with Crippen molar-refractivity contribution in [1.29, 1.82) is 0 Å². The summed E-state index contributed by atoms with van der Waals surface area (Å²) in [6.45, 7) is 3.71. The lowest BCUT2D eigenvalue weighted by atomic mass is 10.2. The third-order valence-electron chi connectivity index (χ3n) is 3.72. The van der Waals surface area contributed by atoms with E-state index in [0.717, 1.165) is 5.56 Å². The number of nitrogens with one attached hydrogen (secondary N) is 2. The maximum atomic E-state index is 12.2. The van der Waals surface area contributed by atoms with E-state index < -0.39 is 10.0 Å². The number of carbonyl (C=O) groups is 1. The molecule has 2 N–H and O–H groups in total. The van der Waals surface area contributed by atoms with E-state index >= 15 is 0 Å². The molecule has 0 fully saturated rings. The zero-order valence-electron chi connectivity index (χ0n) is 14.6. The van der Waals surface area contributed by atoms with Crippen molar-refractivity contribution in [3.8, 4) is 0 Å². The molecule has 0 aromatic heterocycles. The van der Waals surface area contributed by atoms with Crippen molar-refractivity contribution in [2.75, 3.05) is 5.32 Å². The van der Waals surface area contributed by atoms with Gasteiger partial charge in [0.05, 0.1) is 4.90 Å². The lowest BCUT2D eigenvalue weighted by Gasteiger charge is -2.12. The molecule has 5 nitrogen and oxygen atoms in total. The first-order chi connectivity index (χ1) is 12.3. The summed E-state index contributed by atoms with van der Waals surface area (Å²) in [5.41, 5.74) is 1.24. The molecule has 2 aromatic carbocycles. The standard InChI is InChI=1S/C19H21ClN2O3S/c1-3-14(2)22-26(24,25)17-11-9-16(10-12-17)21-19(23)13-8-15-6-4-5-7-18(15)20/h4-14,22H,3H2,1-2H3,(H,21,23)/b13-8+. The highest BCUT2D eigenvalue weighted by molar-refractivity contribution is 7.89. The first-order valence-corrected chi connectivity index (χ1v) is 10.0. The number of hydrogen-bond donors (Lipinski definition) is 2. The van der Waals surface area contributed by atoms with Gasteiger partial charge in [-0.25, -0.2) is 13.1 Å². The van der Waals surface area contributed by atoms with Gasteiger partial charge in [-0.15, -0.1) is 0 Å². The molecular weight excluding hydrogens is 372 g/mol. The molecule has 0 saturated heterocycles. The molecule has 0 spiro atoms. The fourth-order valence-corrected chi connectivity index (χ4v) is 3.62. The van der Waals surface area contributed by atoms with E-state index in [2.05, 4.69) is 10.0 Å². The van der Waals surface area contributed by atoms with E-state index in [9.17, 15) is 13.2 Å². The molecular formula is C19H21ClN2O3S. The van der Waals surface area contributed by atoms with Crippen molar-refractivity contribution in [2.24, 2.45) is 0 Å². The summed E-state index contributed by atoms with van der Waals surface area (Å²) in [5.74, 6) is -0.335. The molecule has 0 aliphatic carbocycles. The van der Waals surface area contributed by atoms with E-state index in [1.165, 1.54) is 18.2 Å². The highest BCUT2D eigenvalue weighted by atomic mass is 35.5. The highest BCUT2D eigenvalue weighted by Crippen LogP contribution is 2.17. The molecule has 26 heavy (non-hydrogen) atoms. The smallest absolute Gasteiger partial charge is 0.248 e. The molecule has 0 saturated carbocycles. The fraction of sp³-hybridized carbons (Fsp3) is 0.211. The molecule has 0 radical (unpaired) electrons. The normalized spacial score (nSPS) is 12.9. The number of sulfonamides is 1. The Bertz CT molecular complexity index is 893. The van der Waals surface area contributed by atoms with Gasteiger partial charge in [-0.2, -0.15) is 0 Å². The van der Waals surface area contributed by atoms with Gasteiger partial charge in [-0.3, -0.25) is 4.79 Å². The molecule has 0 aliphatic heterocycles. The predicted molar refractivity (Wildman–Crippen MR) is 106 cm³/mol. The van der Waals surface area contributed by atoms with Crippen LogP contribution in [0.25, 0.3) is 6.08 Å². The van der Waals surface area contributed by atoms with Crippen LogP contribution in [0.4, 0.5) is 5.69 Å². The van der Waals surface area contributed by atoms with Crippen LogP contribution in [0.1, 0.15) is 25.8 Å². The Morgan fingerprint density at radius 1 is 1.15 bits per heavy atom. The second kappa shape index (κ2) is 8.98. The number of rotatable bonds is 7. The highest BCUT2D eigenvalue weighted by Gasteiger charge is 2.16. The maximum absolute atomic E-state index is 12.2. The van der Waals surface area contributed by atoms with Crippen LogP contribution >= 0.6 is 11.6 Å². The van der Waals surface area contributed by atoms with Crippen LogP contribution in [0.3, 0.4) is 0 Å². The molecule has 1 atom stereocenters. The van der Waals surface area contributed by atoms with E-state index in [1.54, 1.807) is 37.3 Å². The van der Waals surface area contributed by atoms with E-state index in [-0.39, 0.29) is 16.8 Å². The number of carbonyl (C=O) groups excluding carboxylic acids is 1. The second-order valence-corrected chi connectivity index (χ2v) is 7.92. The van der Waals surface area contributed by atoms with Gasteiger partial charge in [-0.05, 0) is 55.3 Å². The first-order valence-electron chi connectivity index (χ1n) is 8.18. The zero-order chi connectivity index (χ0) is 19.2. The van der Waals surface area contributed by atoms with Crippen LogP contribution in [0.2, 0.25) is 5.02 Å². The Hall–Kier alpha value is -2.15. The number of anilines is 1. The van der Waals surface area contributed by atoms with Gasteiger partial charge in [0.25, 0.3) is 0 Å². The lowest BCUT2D eigenvalue weighted by molar-refractivity contribution is -0.111. The summed E-state index contributed by atoms with van der Waals surface area (Å²) in [7, 11) is -3.56. The second-order valence-electron chi connectivity index (χ2n) is 5.80. The molecule has 2 rings (SSSR count). The molecule has 0 heterocycles. The van der Waals surface area contributed by atoms with Gasteiger partial charge in [0, 0.05) is 22.8 Å². The van der Waals surface area contributed by atoms with Crippen LogP contribution in [-0.4, -0.2) is 20.4 Å². The van der Waals surface area contributed by atoms with Crippen molar-refractivity contribution < 1.29 is 13.2 Å². The molecule has 0 aliphatic rings. The van der Waals surface area contributed by atoms with Gasteiger partial charge in [0.2, 0.25) is 15.9 Å². The molecule has 1 amide bonds. The van der Waals surface area contributed by atoms with Crippen molar-refractivity contribution in [3.05, 3.63) is 65.2 Å². The van der Waals surface area contributed by atoms with Crippen LogP contribution in [0, 0.1) is 0 Å². The number of amides is 1. The topological polar surface area (TPSA) is 75.3 Å². The summed E-state index contributed by atoms with van der Waals surface area (Å²) in [5, 5.41) is 3.23. The lowest BCUT2D eigenvalue weighted by Crippen LogP contribution is -2.31. The number of benzene rings is 2. The van der Waals surface area contributed by atoms with E-state index in [1.807, 2.05) is 19.1 Å². The first kappa shape index (κ1) is 20.2. The SMILES string of the molecule is CCC(C)NS(=O)(=O)c1ccc(NC(=O)/C=C/c2ccccc2Cl)cc1. The number of hydrogen-bond acceptors (Lipinski definition) is 3. The van der Waals surface area contributed by atoms with Crippen molar-refractivity contribution in [1.82, 2.24) is 4.72 Å². The molecule has 2 aromatic rings. The Labute approximate surface area is 159 Å². The van der Waals surface area contributed by atoms with Gasteiger partial charge < -0.3 is 5.32 Å². The van der Waals surface area contributed by atoms with Crippen molar-refractivity contribution in [3.63, 3.8) is 0 Å². The van der Waals surface area contributed by atoms with Crippen LogP contribution in [0.5, 0.6) is 0 Å². The minimum Gasteiger partial charge on any atom is -0.323 e. The quantitative estimate of drug-likeness (QED) is 0.697. The van der Waals surface area contributed by atoms with Gasteiger partial charge >= 0.3 is 0 Å². The third-order valence-corrected chi connectivity index (χ3v) is 5.67. The van der Waals surface area contributed by atoms with Gasteiger partial charge in [-0.1, -0.05) is 36.7 Å². The van der Waals surface area contributed by atoms with Crippen LogP contribution < -0.4 is 10.0 Å². The minimum absolute atomic E-state index is 0.144. The molecule has 0 bridgehead atoms. The fourth-order valence-electron chi connectivity index (χ4n) is 2.09. The van der Waals surface area contributed by atoms with Gasteiger partial charge in [0.1, 0.15) is 0 Å². The zero-order valence-corrected chi connectivity index (χ0v) is 16.1. The average Bonchev–Trinajstić information content (AvgIpc) is 2.61.